The average molecular weight is 428 g/mol. The van der Waals surface area contributed by atoms with Gasteiger partial charge in [-0.25, -0.2) is 0 Å². The number of hydrogen-bond acceptors (Lipinski definition) is 4. The minimum Gasteiger partial charge on any atom is -0.490 e. The molecule has 0 saturated carbocycles. The quantitative estimate of drug-likeness (QED) is 0.483. The summed E-state index contributed by atoms with van der Waals surface area (Å²) in [7, 11) is 0. The summed E-state index contributed by atoms with van der Waals surface area (Å²) in [4.78, 5) is 22.8. The number of carbonyl (C=O) groups is 1. The molecule has 0 fully saturated rings. The third-order valence-electron chi connectivity index (χ3n) is 5.80. The Balaban J connectivity index is 1.36. The first-order valence-corrected chi connectivity index (χ1v) is 10.9. The largest absolute Gasteiger partial charge is 0.490 e. The molecule has 0 spiro atoms. The van der Waals surface area contributed by atoms with E-state index in [9.17, 15) is 4.79 Å². The maximum Gasteiger partial charge on any atom is 0.254 e. The van der Waals surface area contributed by atoms with E-state index in [0.717, 1.165) is 17.5 Å². The Kier molecular flexibility index (Phi) is 5.50. The molecule has 0 atom stereocenters. The number of benzene rings is 2. The molecule has 5 rings (SSSR count). The van der Waals surface area contributed by atoms with Gasteiger partial charge in [0.25, 0.3) is 5.91 Å². The van der Waals surface area contributed by atoms with Crippen LogP contribution in [-0.2, 0) is 19.6 Å². The number of fused-ring (bicyclic) bond motifs is 3. The Morgan fingerprint density at radius 3 is 2.75 bits per heavy atom. The van der Waals surface area contributed by atoms with Crippen LogP contribution >= 0.6 is 0 Å². The smallest absolute Gasteiger partial charge is 0.254 e. The highest BCUT2D eigenvalue weighted by atomic mass is 16.5. The highest BCUT2D eigenvalue weighted by Crippen LogP contribution is 2.32. The molecule has 1 N–H and O–H groups in total. The fourth-order valence-electron chi connectivity index (χ4n) is 4.19. The number of pyridine rings is 1. The summed E-state index contributed by atoms with van der Waals surface area (Å²) in [5.74, 6) is 1.21. The normalized spacial score (nSPS) is 13.1. The van der Waals surface area contributed by atoms with Gasteiger partial charge in [-0.05, 0) is 48.9 Å². The third-order valence-corrected chi connectivity index (χ3v) is 5.80. The van der Waals surface area contributed by atoms with Crippen LogP contribution in [0.15, 0.2) is 67.0 Å². The zero-order valence-corrected chi connectivity index (χ0v) is 18.0. The minimum atomic E-state index is 0.00238. The molecule has 6 nitrogen and oxygen atoms in total. The molecule has 0 saturated heterocycles. The first-order chi connectivity index (χ1) is 15.7. The molecule has 6 heteroatoms. The van der Waals surface area contributed by atoms with Crippen molar-refractivity contribution in [2.75, 3.05) is 13.2 Å². The van der Waals surface area contributed by atoms with Crippen LogP contribution in [0.3, 0.4) is 0 Å². The van der Waals surface area contributed by atoms with E-state index in [0.29, 0.717) is 43.4 Å². The van der Waals surface area contributed by atoms with Crippen molar-refractivity contribution in [1.82, 2.24) is 14.9 Å². The van der Waals surface area contributed by atoms with Gasteiger partial charge in [-0.3, -0.25) is 9.78 Å². The van der Waals surface area contributed by atoms with Crippen LogP contribution in [0.1, 0.15) is 34.1 Å². The molecule has 162 valence electrons. The Labute approximate surface area is 186 Å². The summed E-state index contributed by atoms with van der Waals surface area (Å²) in [6.07, 6.45) is 4.30. The molecule has 2 aromatic carbocycles. The van der Waals surface area contributed by atoms with Crippen LogP contribution in [0.5, 0.6) is 11.5 Å². The van der Waals surface area contributed by atoms with Crippen molar-refractivity contribution in [2.24, 2.45) is 0 Å². The zero-order chi connectivity index (χ0) is 21.9. The van der Waals surface area contributed by atoms with Gasteiger partial charge in [0.05, 0.1) is 6.61 Å². The van der Waals surface area contributed by atoms with Gasteiger partial charge in [0.15, 0.2) is 11.5 Å². The lowest BCUT2D eigenvalue weighted by Crippen LogP contribution is -2.35. The van der Waals surface area contributed by atoms with E-state index >= 15 is 0 Å². The number of hydrogen-bond donors (Lipinski definition) is 1. The first-order valence-electron chi connectivity index (χ1n) is 10.9. The predicted molar refractivity (Wildman–Crippen MR) is 123 cm³/mol. The van der Waals surface area contributed by atoms with E-state index in [4.69, 9.17) is 9.47 Å². The number of ether oxygens (including phenoxy) is 2. The molecule has 1 aliphatic rings. The van der Waals surface area contributed by atoms with Crippen molar-refractivity contribution in [2.45, 2.75) is 26.5 Å². The highest BCUT2D eigenvalue weighted by molar-refractivity contribution is 5.95. The van der Waals surface area contributed by atoms with Crippen molar-refractivity contribution in [1.29, 1.82) is 0 Å². The van der Waals surface area contributed by atoms with Crippen molar-refractivity contribution in [3.05, 3.63) is 89.4 Å². The molecular weight excluding hydrogens is 402 g/mol. The third kappa shape index (κ3) is 3.91. The number of rotatable bonds is 6. The second-order valence-corrected chi connectivity index (χ2v) is 7.84. The second kappa shape index (κ2) is 8.75. The van der Waals surface area contributed by atoms with E-state index < -0.39 is 0 Å². The van der Waals surface area contributed by atoms with E-state index in [-0.39, 0.29) is 5.91 Å². The second-order valence-electron chi connectivity index (χ2n) is 7.84. The number of nitrogens with zero attached hydrogens (tertiary/aromatic N) is 2. The minimum absolute atomic E-state index is 0.00238. The monoisotopic (exact) mass is 427 g/mol. The zero-order valence-electron chi connectivity index (χ0n) is 18.0. The molecular formula is C26H25N3O3. The van der Waals surface area contributed by atoms with Crippen molar-refractivity contribution >= 4 is 16.8 Å². The Morgan fingerprint density at radius 2 is 1.91 bits per heavy atom. The van der Waals surface area contributed by atoms with E-state index in [1.807, 2.05) is 48.2 Å². The van der Waals surface area contributed by atoms with Crippen LogP contribution in [0, 0.1) is 0 Å². The van der Waals surface area contributed by atoms with Crippen LogP contribution < -0.4 is 9.47 Å². The van der Waals surface area contributed by atoms with Gasteiger partial charge in [0.1, 0.15) is 6.61 Å². The van der Waals surface area contributed by atoms with Gasteiger partial charge in [0.2, 0.25) is 0 Å². The van der Waals surface area contributed by atoms with Gasteiger partial charge in [-0.2, -0.15) is 0 Å². The molecule has 2 aromatic heterocycles. The van der Waals surface area contributed by atoms with Gasteiger partial charge >= 0.3 is 0 Å². The number of aromatic nitrogens is 2. The summed E-state index contributed by atoms with van der Waals surface area (Å²) in [5, 5.41) is 1.19. The van der Waals surface area contributed by atoms with E-state index in [1.165, 1.54) is 16.6 Å². The molecule has 0 aliphatic carbocycles. The van der Waals surface area contributed by atoms with E-state index in [2.05, 4.69) is 22.1 Å². The van der Waals surface area contributed by atoms with Gasteiger partial charge in [-0.1, -0.05) is 18.2 Å². The Morgan fingerprint density at radius 1 is 1.06 bits per heavy atom. The summed E-state index contributed by atoms with van der Waals surface area (Å²) in [6.45, 7) is 4.10. The molecule has 0 radical (unpaired) electrons. The van der Waals surface area contributed by atoms with E-state index in [1.54, 1.807) is 18.5 Å². The Bertz CT molecular complexity index is 1250. The first kappa shape index (κ1) is 20.1. The van der Waals surface area contributed by atoms with Gasteiger partial charge in [-0.15, -0.1) is 0 Å². The van der Waals surface area contributed by atoms with Crippen LogP contribution in [0.2, 0.25) is 0 Å². The highest BCUT2D eigenvalue weighted by Gasteiger charge is 2.25. The lowest BCUT2D eigenvalue weighted by Gasteiger charge is -2.27. The predicted octanol–water partition coefficient (Wildman–Crippen LogP) is 4.74. The summed E-state index contributed by atoms with van der Waals surface area (Å²) < 4.78 is 11.8. The molecule has 0 bridgehead atoms. The number of nitrogens with one attached hydrogen (secondary N) is 1. The van der Waals surface area contributed by atoms with Crippen molar-refractivity contribution < 1.29 is 14.3 Å². The van der Waals surface area contributed by atoms with Crippen molar-refractivity contribution in [3.8, 4) is 11.5 Å². The molecule has 1 aliphatic heterocycles. The summed E-state index contributed by atoms with van der Waals surface area (Å²) in [6, 6.07) is 17.5. The molecule has 32 heavy (non-hydrogen) atoms. The maximum atomic E-state index is 13.3. The van der Waals surface area contributed by atoms with Crippen LogP contribution in [0.25, 0.3) is 10.9 Å². The average Bonchev–Trinajstić information content (AvgIpc) is 3.21. The SMILES string of the molecule is CCOc1cc(C(=O)N2CCc3[nH]c4ccccc4c3C2)ccc1OCc1ccncc1. The van der Waals surface area contributed by atoms with Gasteiger partial charge in [0, 0.05) is 59.6 Å². The number of H-pyrrole nitrogens is 1. The molecule has 1 amide bonds. The maximum absolute atomic E-state index is 13.3. The lowest BCUT2D eigenvalue weighted by molar-refractivity contribution is 0.0734. The molecule has 4 aromatic rings. The fraction of sp³-hybridized carbons (Fsp3) is 0.231. The number of aromatic amines is 1. The summed E-state index contributed by atoms with van der Waals surface area (Å²) >= 11 is 0. The fourth-order valence-corrected chi connectivity index (χ4v) is 4.19. The van der Waals surface area contributed by atoms with Gasteiger partial charge < -0.3 is 19.4 Å². The standard InChI is InChI=1S/C26H25N3O3/c1-2-31-25-15-19(7-8-24(25)32-17-18-9-12-27-13-10-18)26(30)29-14-11-23-21(16-29)20-5-3-4-6-22(20)28-23/h3-10,12-13,15,28H,2,11,14,16-17H2,1H3. The molecule has 0 unspecified atom stereocenters. The lowest BCUT2D eigenvalue weighted by atomic mass is 10.0. The van der Waals surface area contributed by atoms with Crippen LogP contribution in [0.4, 0.5) is 0 Å². The topological polar surface area (TPSA) is 67.5 Å². The molecule has 3 heterocycles. The number of para-hydroxylation sites is 1. The van der Waals surface area contributed by atoms with Crippen molar-refractivity contribution in [3.63, 3.8) is 0 Å². The van der Waals surface area contributed by atoms with Crippen LogP contribution in [-0.4, -0.2) is 33.9 Å². The number of carbonyl (C=O) groups excluding carboxylic acids is 1. The number of amides is 1. The summed E-state index contributed by atoms with van der Waals surface area (Å²) in [5.41, 5.74) is 5.19. The Hall–Kier alpha value is -3.80.